The van der Waals surface area contributed by atoms with Gasteiger partial charge in [-0.1, -0.05) is 29.3 Å². The minimum Gasteiger partial charge on any atom is -0.338 e. The van der Waals surface area contributed by atoms with Gasteiger partial charge in [-0.2, -0.15) is 0 Å². The van der Waals surface area contributed by atoms with Crippen LogP contribution in [0.3, 0.4) is 0 Å². The Balaban J connectivity index is 1.66. The highest BCUT2D eigenvalue weighted by atomic mass is 35.5. The fourth-order valence-corrected chi connectivity index (χ4v) is 4.36. The van der Waals surface area contributed by atoms with Crippen molar-refractivity contribution in [3.05, 3.63) is 76.0 Å². The van der Waals surface area contributed by atoms with E-state index in [1.54, 1.807) is 30.6 Å². The lowest BCUT2D eigenvalue weighted by molar-refractivity contribution is 0.0706. The van der Waals surface area contributed by atoms with Crippen molar-refractivity contribution in [3.8, 4) is 11.1 Å². The van der Waals surface area contributed by atoms with E-state index in [2.05, 4.69) is 9.97 Å². The van der Waals surface area contributed by atoms with Gasteiger partial charge >= 0.3 is 0 Å². The lowest BCUT2D eigenvalue weighted by Gasteiger charge is -2.33. The highest BCUT2D eigenvalue weighted by molar-refractivity contribution is 6.39. The van der Waals surface area contributed by atoms with Crippen LogP contribution in [0.4, 0.5) is 0 Å². The van der Waals surface area contributed by atoms with Gasteiger partial charge in [-0.05, 0) is 49.6 Å². The number of aromatic nitrogens is 3. The van der Waals surface area contributed by atoms with Crippen LogP contribution >= 0.6 is 23.2 Å². The van der Waals surface area contributed by atoms with Crippen molar-refractivity contribution in [2.75, 3.05) is 13.1 Å². The zero-order valence-corrected chi connectivity index (χ0v) is 17.5. The van der Waals surface area contributed by atoms with E-state index in [0.29, 0.717) is 28.7 Å². The third-order valence-corrected chi connectivity index (χ3v) is 5.83. The van der Waals surface area contributed by atoms with E-state index in [1.165, 1.54) is 0 Å². The summed E-state index contributed by atoms with van der Waals surface area (Å²) < 4.78 is 0. The molecule has 0 bridgehead atoms. The first-order valence-electron chi connectivity index (χ1n) is 9.52. The number of likely N-dealkylation sites (tertiary alicyclic amines) is 1. The van der Waals surface area contributed by atoms with E-state index >= 15 is 0 Å². The number of pyridine rings is 1. The second-order valence-electron chi connectivity index (χ2n) is 7.14. The number of amides is 1. The number of hydrogen-bond acceptors (Lipinski definition) is 4. The molecule has 0 saturated carbocycles. The molecule has 1 amide bonds. The Bertz CT molecular complexity index is 1020. The maximum Gasteiger partial charge on any atom is 0.256 e. The zero-order chi connectivity index (χ0) is 20.4. The standard InChI is InChI=1S/C22H20Cl2N4O/c1-14-26-12-17(15-7-9-25-10-8-15)21(27-14)16-4-3-11-28(13-16)22(29)20-18(23)5-2-6-19(20)24/h2,5-10,12,16H,3-4,11,13H2,1H3/t16-/m1/s1. The summed E-state index contributed by atoms with van der Waals surface area (Å²) in [5.41, 5.74) is 3.33. The summed E-state index contributed by atoms with van der Waals surface area (Å²) in [5, 5.41) is 0.750. The van der Waals surface area contributed by atoms with Crippen LogP contribution in [0.1, 0.15) is 40.6 Å². The van der Waals surface area contributed by atoms with Gasteiger partial charge in [0.15, 0.2) is 0 Å². The predicted octanol–water partition coefficient (Wildman–Crippen LogP) is 5.17. The van der Waals surface area contributed by atoms with Crippen molar-refractivity contribution in [2.45, 2.75) is 25.7 Å². The Kier molecular flexibility index (Phi) is 5.79. The van der Waals surface area contributed by atoms with Gasteiger partial charge in [-0.3, -0.25) is 9.78 Å². The molecule has 0 spiro atoms. The molecule has 3 aromatic rings. The molecule has 4 rings (SSSR count). The molecule has 0 radical (unpaired) electrons. The lowest BCUT2D eigenvalue weighted by Crippen LogP contribution is -2.39. The van der Waals surface area contributed by atoms with Gasteiger partial charge < -0.3 is 4.90 Å². The number of carbonyl (C=O) groups is 1. The van der Waals surface area contributed by atoms with E-state index in [9.17, 15) is 4.79 Å². The SMILES string of the molecule is Cc1ncc(-c2ccncc2)c([C@@H]2CCCN(C(=O)c3c(Cl)cccc3Cl)C2)n1. The Morgan fingerprint density at radius 3 is 2.59 bits per heavy atom. The highest BCUT2D eigenvalue weighted by Crippen LogP contribution is 2.34. The molecular weight excluding hydrogens is 407 g/mol. The number of aryl methyl sites for hydroxylation is 1. The van der Waals surface area contributed by atoms with Crippen LogP contribution in [0.25, 0.3) is 11.1 Å². The summed E-state index contributed by atoms with van der Waals surface area (Å²) >= 11 is 12.5. The van der Waals surface area contributed by atoms with Gasteiger partial charge in [-0.15, -0.1) is 0 Å². The Hall–Kier alpha value is -2.50. The highest BCUT2D eigenvalue weighted by Gasteiger charge is 2.30. The van der Waals surface area contributed by atoms with Crippen LogP contribution < -0.4 is 0 Å². The minimum absolute atomic E-state index is 0.110. The zero-order valence-electron chi connectivity index (χ0n) is 16.0. The molecular formula is C22H20Cl2N4O. The molecule has 29 heavy (non-hydrogen) atoms. The molecule has 7 heteroatoms. The molecule has 5 nitrogen and oxygen atoms in total. The summed E-state index contributed by atoms with van der Waals surface area (Å²) in [6, 6.07) is 9.03. The number of hydrogen-bond donors (Lipinski definition) is 0. The molecule has 1 atom stereocenters. The molecule has 1 fully saturated rings. The van der Waals surface area contributed by atoms with E-state index in [4.69, 9.17) is 28.2 Å². The van der Waals surface area contributed by atoms with Crippen LogP contribution in [0.5, 0.6) is 0 Å². The number of rotatable bonds is 3. The molecule has 0 unspecified atom stereocenters. The first-order chi connectivity index (χ1) is 14.0. The third-order valence-electron chi connectivity index (χ3n) is 5.20. The number of nitrogens with zero attached hydrogens (tertiary/aromatic N) is 4. The Morgan fingerprint density at radius 2 is 1.86 bits per heavy atom. The second-order valence-corrected chi connectivity index (χ2v) is 7.95. The summed E-state index contributed by atoms with van der Waals surface area (Å²) in [6.07, 6.45) is 7.22. The molecule has 2 aromatic heterocycles. The average Bonchev–Trinajstić information content (AvgIpc) is 2.74. The van der Waals surface area contributed by atoms with Crippen LogP contribution in [0, 0.1) is 6.92 Å². The third kappa shape index (κ3) is 4.11. The number of halogens is 2. The van der Waals surface area contributed by atoms with Crippen molar-refractivity contribution < 1.29 is 4.79 Å². The Labute approximate surface area is 179 Å². The quantitative estimate of drug-likeness (QED) is 0.579. The fourth-order valence-electron chi connectivity index (χ4n) is 3.80. The topological polar surface area (TPSA) is 59.0 Å². The Morgan fingerprint density at radius 1 is 1.14 bits per heavy atom. The molecule has 0 N–H and O–H groups in total. The molecule has 3 heterocycles. The fraction of sp³-hybridized carbons (Fsp3) is 0.273. The van der Waals surface area contributed by atoms with Crippen molar-refractivity contribution in [3.63, 3.8) is 0 Å². The first-order valence-corrected chi connectivity index (χ1v) is 10.3. The lowest BCUT2D eigenvalue weighted by atomic mass is 9.89. The van der Waals surface area contributed by atoms with Gasteiger partial charge in [0.1, 0.15) is 5.82 Å². The van der Waals surface area contributed by atoms with E-state index in [1.807, 2.05) is 30.2 Å². The molecule has 1 saturated heterocycles. The van der Waals surface area contributed by atoms with Crippen LogP contribution in [-0.2, 0) is 0 Å². The summed E-state index contributed by atoms with van der Waals surface area (Å²) in [5.74, 6) is 0.691. The van der Waals surface area contributed by atoms with Crippen LogP contribution in [0.15, 0.2) is 48.9 Å². The summed E-state index contributed by atoms with van der Waals surface area (Å²) in [7, 11) is 0. The molecule has 0 aliphatic carbocycles. The number of carbonyl (C=O) groups excluding carboxylic acids is 1. The smallest absolute Gasteiger partial charge is 0.256 e. The maximum absolute atomic E-state index is 13.2. The molecule has 1 aliphatic heterocycles. The van der Waals surface area contributed by atoms with E-state index in [0.717, 1.165) is 35.5 Å². The van der Waals surface area contributed by atoms with Crippen LogP contribution in [0.2, 0.25) is 10.0 Å². The summed E-state index contributed by atoms with van der Waals surface area (Å²) in [4.78, 5) is 28.2. The normalized spacial score (nSPS) is 16.7. The van der Waals surface area contributed by atoms with Crippen molar-refractivity contribution in [2.24, 2.45) is 0 Å². The van der Waals surface area contributed by atoms with Crippen LogP contribution in [-0.4, -0.2) is 38.8 Å². The van der Waals surface area contributed by atoms with Gasteiger partial charge in [0, 0.05) is 43.2 Å². The number of piperidine rings is 1. The molecule has 148 valence electrons. The largest absolute Gasteiger partial charge is 0.338 e. The van der Waals surface area contributed by atoms with Gasteiger partial charge in [0.05, 0.1) is 21.3 Å². The second kappa shape index (κ2) is 8.47. The number of benzene rings is 1. The molecule has 1 aliphatic rings. The van der Waals surface area contributed by atoms with Crippen molar-refractivity contribution >= 4 is 29.1 Å². The maximum atomic E-state index is 13.2. The van der Waals surface area contributed by atoms with E-state index in [-0.39, 0.29) is 11.8 Å². The van der Waals surface area contributed by atoms with E-state index < -0.39 is 0 Å². The predicted molar refractivity (Wildman–Crippen MR) is 114 cm³/mol. The van der Waals surface area contributed by atoms with Gasteiger partial charge in [0.2, 0.25) is 0 Å². The van der Waals surface area contributed by atoms with Gasteiger partial charge in [-0.25, -0.2) is 9.97 Å². The van der Waals surface area contributed by atoms with Crippen molar-refractivity contribution in [1.82, 2.24) is 19.9 Å². The average molecular weight is 427 g/mol. The van der Waals surface area contributed by atoms with Gasteiger partial charge in [0.25, 0.3) is 5.91 Å². The minimum atomic E-state index is -0.137. The summed E-state index contributed by atoms with van der Waals surface area (Å²) in [6.45, 7) is 3.12. The first kappa shape index (κ1) is 19.8. The molecule has 1 aromatic carbocycles. The monoisotopic (exact) mass is 426 g/mol. The van der Waals surface area contributed by atoms with Crippen molar-refractivity contribution in [1.29, 1.82) is 0 Å².